The zero-order valence-electron chi connectivity index (χ0n) is 11.4. The summed E-state index contributed by atoms with van der Waals surface area (Å²) in [5, 5.41) is 2.33. The van der Waals surface area contributed by atoms with E-state index in [0.717, 1.165) is 18.4 Å². The standard InChI is InChI=1S/C13H29N3/c1-11(2)6-5-9-16-10-13(14-15-16)8-7-12(3)4/h11-15H,5-10H2,1-4H3. The van der Waals surface area contributed by atoms with Gasteiger partial charge in [0.1, 0.15) is 0 Å². The zero-order valence-corrected chi connectivity index (χ0v) is 11.4. The smallest absolute Gasteiger partial charge is 0.0368 e. The minimum absolute atomic E-state index is 0.640. The van der Waals surface area contributed by atoms with Crippen LogP contribution in [0.15, 0.2) is 0 Å². The van der Waals surface area contributed by atoms with E-state index in [0.29, 0.717) is 6.04 Å². The summed E-state index contributed by atoms with van der Waals surface area (Å²) >= 11 is 0. The van der Waals surface area contributed by atoms with Crippen molar-refractivity contribution in [1.82, 2.24) is 16.0 Å². The van der Waals surface area contributed by atoms with E-state index in [-0.39, 0.29) is 0 Å². The molecule has 1 saturated heterocycles. The molecule has 3 nitrogen and oxygen atoms in total. The van der Waals surface area contributed by atoms with Crippen LogP contribution in [0.5, 0.6) is 0 Å². The normalized spacial score (nSPS) is 22.5. The van der Waals surface area contributed by atoms with E-state index in [4.69, 9.17) is 0 Å². The van der Waals surface area contributed by atoms with Crippen LogP contribution in [0.2, 0.25) is 0 Å². The van der Waals surface area contributed by atoms with Crippen LogP contribution in [0.25, 0.3) is 0 Å². The van der Waals surface area contributed by atoms with Gasteiger partial charge in [0.2, 0.25) is 0 Å². The van der Waals surface area contributed by atoms with Crippen LogP contribution in [-0.4, -0.2) is 24.1 Å². The quantitative estimate of drug-likeness (QED) is 0.700. The second kappa shape index (κ2) is 7.25. The second-order valence-corrected chi connectivity index (χ2v) is 5.91. The first-order valence-electron chi connectivity index (χ1n) is 6.84. The van der Waals surface area contributed by atoms with Crippen molar-refractivity contribution >= 4 is 0 Å². The molecule has 0 saturated carbocycles. The fraction of sp³-hybridized carbons (Fsp3) is 1.00. The van der Waals surface area contributed by atoms with Crippen molar-refractivity contribution < 1.29 is 0 Å². The van der Waals surface area contributed by atoms with E-state index in [2.05, 4.69) is 43.7 Å². The Morgan fingerprint density at radius 2 is 1.81 bits per heavy atom. The van der Waals surface area contributed by atoms with Gasteiger partial charge in [0.05, 0.1) is 0 Å². The molecule has 1 aliphatic rings. The summed E-state index contributed by atoms with van der Waals surface area (Å²) in [6.07, 6.45) is 5.22. The number of hydrogen-bond donors (Lipinski definition) is 2. The summed E-state index contributed by atoms with van der Waals surface area (Å²) in [7, 11) is 0. The van der Waals surface area contributed by atoms with E-state index < -0.39 is 0 Å². The Morgan fingerprint density at radius 3 is 2.44 bits per heavy atom. The fourth-order valence-corrected chi connectivity index (χ4v) is 2.08. The number of hydrazine groups is 2. The Balaban J connectivity index is 2.05. The number of nitrogens with one attached hydrogen (secondary N) is 2. The minimum atomic E-state index is 0.640. The Bertz CT molecular complexity index is 180. The van der Waals surface area contributed by atoms with Gasteiger partial charge in [-0.2, -0.15) is 5.53 Å². The third-order valence-electron chi connectivity index (χ3n) is 3.17. The van der Waals surface area contributed by atoms with Gasteiger partial charge in [-0.25, -0.2) is 10.4 Å². The lowest BCUT2D eigenvalue weighted by Crippen LogP contribution is -2.37. The average molecular weight is 227 g/mol. The van der Waals surface area contributed by atoms with Gasteiger partial charge < -0.3 is 0 Å². The van der Waals surface area contributed by atoms with E-state index in [1.54, 1.807) is 0 Å². The molecule has 96 valence electrons. The van der Waals surface area contributed by atoms with Crippen LogP contribution in [0.3, 0.4) is 0 Å². The summed E-state index contributed by atoms with van der Waals surface area (Å²) < 4.78 is 0. The maximum atomic E-state index is 3.38. The molecule has 3 heteroatoms. The van der Waals surface area contributed by atoms with Crippen molar-refractivity contribution in [2.75, 3.05) is 13.1 Å². The first kappa shape index (κ1) is 13.9. The third-order valence-corrected chi connectivity index (χ3v) is 3.17. The van der Waals surface area contributed by atoms with Crippen molar-refractivity contribution in [2.45, 2.75) is 59.4 Å². The van der Waals surface area contributed by atoms with Crippen molar-refractivity contribution in [3.05, 3.63) is 0 Å². The molecule has 1 fully saturated rings. The second-order valence-electron chi connectivity index (χ2n) is 5.91. The molecule has 0 bridgehead atoms. The van der Waals surface area contributed by atoms with Gasteiger partial charge in [-0.05, 0) is 37.5 Å². The highest BCUT2D eigenvalue weighted by Gasteiger charge is 2.20. The summed E-state index contributed by atoms with van der Waals surface area (Å²) in [4.78, 5) is 0. The van der Waals surface area contributed by atoms with Gasteiger partial charge in [-0.15, -0.1) is 0 Å². The van der Waals surface area contributed by atoms with Gasteiger partial charge in [0.15, 0.2) is 0 Å². The molecule has 0 aromatic heterocycles. The highest BCUT2D eigenvalue weighted by atomic mass is 15.7. The molecule has 16 heavy (non-hydrogen) atoms. The summed E-state index contributed by atoms with van der Waals surface area (Å²) in [6.45, 7) is 11.5. The molecular formula is C13H29N3. The number of rotatable bonds is 7. The first-order chi connectivity index (χ1) is 7.58. The van der Waals surface area contributed by atoms with E-state index in [1.165, 1.54) is 32.2 Å². The average Bonchev–Trinajstić information content (AvgIpc) is 2.62. The van der Waals surface area contributed by atoms with Crippen LogP contribution >= 0.6 is 0 Å². The fourth-order valence-electron chi connectivity index (χ4n) is 2.08. The van der Waals surface area contributed by atoms with Gasteiger partial charge in [-0.3, -0.25) is 0 Å². The number of nitrogens with zero attached hydrogens (tertiary/aromatic N) is 1. The Kier molecular flexibility index (Phi) is 6.32. The lowest BCUT2D eigenvalue weighted by Gasteiger charge is -2.15. The van der Waals surface area contributed by atoms with Crippen LogP contribution < -0.4 is 11.0 Å². The van der Waals surface area contributed by atoms with Gasteiger partial charge in [0.25, 0.3) is 0 Å². The molecule has 0 aliphatic carbocycles. The van der Waals surface area contributed by atoms with Crippen molar-refractivity contribution in [3.8, 4) is 0 Å². The Morgan fingerprint density at radius 1 is 1.12 bits per heavy atom. The summed E-state index contributed by atoms with van der Waals surface area (Å²) in [5.41, 5.74) is 6.66. The van der Waals surface area contributed by atoms with Crippen molar-refractivity contribution in [3.63, 3.8) is 0 Å². The Hall–Kier alpha value is -0.120. The number of hydrogen-bond acceptors (Lipinski definition) is 3. The van der Waals surface area contributed by atoms with Gasteiger partial charge in [0, 0.05) is 19.1 Å². The topological polar surface area (TPSA) is 27.3 Å². The van der Waals surface area contributed by atoms with Crippen LogP contribution in [0, 0.1) is 11.8 Å². The molecule has 1 atom stereocenters. The summed E-state index contributed by atoms with van der Waals surface area (Å²) in [6, 6.07) is 0.640. The Labute approximate surface area is 101 Å². The largest absolute Gasteiger partial charge is 0.240 e. The molecule has 1 unspecified atom stereocenters. The highest BCUT2D eigenvalue weighted by molar-refractivity contribution is 4.74. The van der Waals surface area contributed by atoms with Crippen molar-refractivity contribution in [1.29, 1.82) is 0 Å². The molecule has 2 N–H and O–H groups in total. The molecule has 0 aromatic rings. The monoisotopic (exact) mass is 227 g/mol. The zero-order chi connectivity index (χ0) is 12.0. The van der Waals surface area contributed by atoms with Gasteiger partial charge in [-0.1, -0.05) is 27.7 Å². The maximum absolute atomic E-state index is 3.38. The van der Waals surface area contributed by atoms with E-state index in [9.17, 15) is 0 Å². The van der Waals surface area contributed by atoms with Crippen LogP contribution in [0.4, 0.5) is 0 Å². The molecule has 0 amide bonds. The predicted molar refractivity (Wildman–Crippen MR) is 69.8 cm³/mol. The van der Waals surface area contributed by atoms with E-state index >= 15 is 0 Å². The molecule has 1 aliphatic heterocycles. The van der Waals surface area contributed by atoms with Gasteiger partial charge >= 0.3 is 0 Å². The lowest BCUT2D eigenvalue weighted by atomic mass is 10.0. The minimum Gasteiger partial charge on any atom is -0.240 e. The van der Waals surface area contributed by atoms with Crippen LogP contribution in [-0.2, 0) is 0 Å². The molecule has 0 radical (unpaired) electrons. The molecule has 1 heterocycles. The van der Waals surface area contributed by atoms with Crippen molar-refractivity contribution in [2.24, 2.45) is 11.8 Å². The SMILES string of the molecule is CC(C)CCCN1CC(CCC(C)C)NN1. The molecule has 0 aromatic carbocycles. The summed E-state index contributed by atoms with van der Waals surface area (Å²) in [5.74, 6) is 1.64. The third kappa shape index (κ3) is 5.83. The van der Waals surface area contributed by atoms with E-state index in [1.807, 2.05) is 0 Å². The lowest BCUT2D eigenvalue weighted by molar-refractivity contribution is 0.224. The predicted octanol–water partition coefficient (Wildman–Crippen LogP) is 2.55. The molecule has 0 spiro atoms. The van der Waals surface area contributed by atoms with Crippen LogP contribution in [0.1, 0.15) is 53.4 Å². The molecule has 1 rings (SSSR count). The maximum Gasteiger partial charge on any atom is 0.0368 e. The first-order valence-corrected chi connectivity index (χ1v) is 6.84. The highest BCUT2D eigenvalue weighted by Crippen LogP contribution is 2.11. The molecular weight excluding hydrogens is 198 g/mol.